The van der Waals surface area contributed by atoms with Crippen molar-refractivity contribution in [2.75, 3.05) is 13.2 Å². The van der Waals surface area contributed by atoms with Crippen LogP contribution in [0, 0.1) is 12.3 Å². The van der Waals surface area contributed by atoms with E-state index in [0.717, 1.165) is 22.9 Å². The van der Waals surface area contributed by atoms with Crippen LogP contribution in [0.5, 0.6) is 0 Å². The number of benzene rings is 1. The number of hydrogen-bond donors (Lipinski definition) is 2. The molecule has 0 saturated heterocycles. The fourth-order valence-corrected chi connectivity index (χ4v) is 2.30. The maximum atomic E-state index is 12.0. The molecule has 19 heavy (non-hydrogen) atoms. The molecular formula is C15H22BrNO2. The first-order valence-corrected chi connectivity index (χ1v) is 7.30. The van der Waals surface area contributed by atoms with Crippen LogP contribution in [-0.2, 0) is 0 Å². The molecule has 0 atom stereocenters. The number of carbonyl (C=O) groups excluding carboxylic acids is 1. The standard InChI is InChI=1S/C15H22BrNO2/c1-11-9-12(16)5-6-13(11)14(19)17-8-4-7-15(2,3)10-18/h5-6,9,18H,4,7-8,10H2,1-3H3,(H,17,19). The lowest BCUT2D eigenvalue weighted by atomic mass is 9.89. The van der Waals surface area contributed by atoms with E-state index < -0.39 is 0 Å². The zero-order valence-corrected chi connectivity index (χ0v) is 13.4. The molecule has 0 aliphatic heterocycles. The second-order valence-electron chi connectivity index (χ2n) is 5.64. The minimum absolute atomic E-state index is 0.0354. The summed E-state index contributed by atoms with van der Waals surface area (Å²) in [7, 11) is 0. The maximum Gasteiger partial charge on any atom is 0.251 e. The molecule has 1 rings (SSSR count). The molecule has 0 heterocycles. The molecule has 0 spiro atoms. The maximum absolute atomic E-state index is 12.0. The number of aliphatic hydroxyl groups is 1. The van der Waals surface area contributed by atoms with Crippen LogP contribution in [0.1, 0.15) is 42.6 Å². The first kappa shape index (κ1) is 16.2. The van der Waals surface area contributed by atoms with E-state index in [2.05, 4.69) is 21.2 Å². The molecule has 3 nitrogen and oxygen atoms in total. The summed E-state index contributed by atoms with van der Waals surface area (Å²) in [6.07, 6.45) is 1.76. The minimum atomic E-state index is -0.0712. The average Bonchev–Trinajstić information content (AvgIpc) is 2.34. The normalized spacial score (nSPS) is 11.4. The summed E-state index contributed by atoms with van der Waals surface area (Å²) in [5.41, 5.74) is 1.60. The third kappa shape index (κ3) is 5.33. The Morgan fingerprint density at radius 1 is 1.42 bits per heavy atom. The molecule has 0 unspecified atom stereocenters. The third-order valence-corrected chi connectivity index (χ3v) is 3.67. The lowest BCUT2D eigenvalue weighted by molar-refractivity contribution is 0.0948. The second kappa shape index (κ2) is 7.06. The van der Waals surface area contributed by atoms with Gasteiger partial charge >= 0.3 is 0 Å². The fraction of sp³-hybridized carbons (Fsp3) is 0.533. The van der Waals surface area contributed by atoms with Gasteiger partial charge in [0.05, 0.1) is 0 Å². The summed E-state index contributed by atoms with van der Waals surface area (Å²) in [6, 6.07) is 5.63. The predicted octanol–water partition coefficient (Wildman–Crippen LogP) is 3.29. The molecule has 4 heteroatoms. The van der Waals surface area contributed by atoms with Gasteiger partial charge in [0, 0.05) is 23.2 Å². The van der Waals surface area contributed by atoms with Crippen molar-refractivity contribution in [1.29, 1.82) is 0 Å². The summed E-state index contributed by atoms with van der Waals surface area (Å²) < 4.78 is 0.978. The van der Waals surface area contributed by atoms with Crippen molar-refractivity contribution in [2.24, 2.45) is 5.41 Å². The van der Waals surface area contributed by atoms with E-state index in [-0.39, 0.29) is 17.9 Å². The molecule has 0 saturated carbocycles. The van der Waals surface area contributed by atoms with Gasteiger partial charge in [-0.05, 0) is 48.9 Å². The highest BCUT2D eigenvalue weighted by Gasteiger charge is 2.16. The van der Waals surface area contributed by atoms with Gasteiger partial charge in [0.2, 0.25) is 0 Å². The Morgan fingerprint density at radius 2 is 2.11 bits per heavy atom. The molecule has 2 N–H and O–H groups in total. The van der Waals surface area contributed by atoms with Crippen LogP contribution in [0.4, 0.5) is 0 Å². The predicted molar refractivity (Wildman–Crippen MR) is 81.3 cm³/mol. The highest BCUT2D eigenvalue weighted by atomic mass is 79.9. The first-order valence-electron chi connectivity index (χ1n) is 6.51. The Bertz CT molecular complexity index is 444. The number of aliphatic hydroxyl groups excluding tert-OH is 1. The average molecular weight is 328 g/mol. The van der Waals surface area contributed by atoms with Crippen LogP contribution >= 0.6 is 15.9 Å². The quantitative estimate of drug-likeness (QED) is 0.788. The molecule has 1 aromatic carbocycles. The molecule has 0 fully saturated rings. The zero-order valence-electron chi connectivity index (χ0n) is 11.8. The van der Waals surface area contributed by atoms with Gasteiger partial charge in [0.15, 0.2) is 0 Å². The van der Waals surface area contributed by atoms with Crippen molar-refractivity contribution in [3.05, 3.63) is 33.8 Å². The van der Waals surface area contributed by atoms with Crippen LogP contribution < -0.4 is 5.32 Å². The van der Waals surface area contributed by atoms with Gasteiger partial charge in [-0.2, -0.15) is 0 Å². The van der Waals surface area contributed by atoms with Gasteiger partial charge in [-0.3, -0.25) is 4.79 Å². The Kier molecular flexibility index (Phi) is 6.01. The second-order valence-corrected chi connectivity index (χ2v) is 6.56. The summed E-state index contributed by atoms with van der Waals surface area (Å²) in [6.45, 7) is 6.78. The molecule has 0 aromatic heterocycles. The number of carbonyl (C=O) groups is 1. The van der Waals surface area contributed by atoms with Crippen molar-refractivity contribution in [3.8, 4) is 0 Å². The van der Waals surface area contributed by atoms with Crippen LogP contribution in [0.3, 0.4) is 0 Å². The monoisotopic (exact) mass is 327 g/mol. The number of halogens is 1. The summed E-state index contributed by atoms with van der Waals surface area (Å²) in [4.78, 5) is 12.0. The Morgan fingerprint density at radius 3 is 2.68 bits per heavy atom. The number of rotatable bonds is 6. The van der Waals surface area contributed by atoms with E-state index in [1.54, 1.807) is 0 Å². The summed E-state index contributed by atoms with van der Waals surface area (Å²) >= 11 is 3.38. The van der Waals surface area contributed by atoms with E-state index in [1.807, 2.05) is 39.0 Å². The summed E-state index contributed by atoms with van der Waals surface area (Å²) in [5, 5.41) is 12.1. The molecule has 0 radical (unpaired) electrons. The minimum Gasteiger partial charge on any atom is -0.396 e. The number of nitrogens with one attached hydrogen (secondary N) is 1. The third-order valence-electron chi connectivity index (χ3n) is 3.18. The lowest BCUT2D eigenvalue weighted by Crippen LogP contribution is -2.27. The molecule has 0 aliphatic carbocycles. The van der Waals surface area contributed by atoms with Crippen LogP contribution in [-0.4, -0.2) is 24.2 Å². The van der Waals surface area contributed by atoms with Gasteiger partial charge < -0.3 is 10.4 Å². The fourth-order valence-electron chi connectivity index (χ4n) is 1.82. The highest BCUT2D eigenvalue weighted by molar-refractivity contribution is 9.10. The summed E-state index contributed by atoms with van der Waals surface area (Å²) in [5.74, 6) is -0.0354. The van der Waals surface area contributed by atoms with E-state index in [0.29, 0.717) is 12.1 Å². The van der Waals surface area contributed by atoms with Crippen molar-refractivity contribution >= 4 is 21.8 Å². The van der Waals surface area contributed by atoms with Gasteiger partial charge in [0.25, 0.3) is 5.91 Å². The number of aryl methyl sites for hydroxylation is 1. The Hall–Kier alpha value is -0.870. The SMILES string of the molecule is Cc1cc(Br)ccc1C(=O)NCCCC(C)(C)CO. The van der Waals surface area contributed by atoms with Gasteiger partial charge in [-0.15, -0.1) is 0 Å². The molecular weight excluding hydrogens is 306 g/mol. The first-order chi connectivity index (χ1) is 8.85. The van der Waals surface area contributed by atoms with E-state index >= 15 is 0 Å². The Labute approximate surface area is 123 Å². The molecule has 1 aromatic rings. The van der Waals surface area contributed by atoms with Gasteiger partial charge in [-0.1, -0.05) is 29.8 Å². The lowest BCUT2D eigenvalue weighted by Gasteiger charge is -2.21. The highest BCUT2D eigenvalue weighted by Crippen LogP contribution is 2.20. The van der Waals surface area contributed by atoms with Gasteiger partial charge in [-0.25, -0.2) is 0 Å². The topological polar surface area (TPSA) is 49.3 Å². The molecule has 106 valence electrons. The van der Waals surface area contributed by atoms with Gasteiger partial charge in [0.1, 0.15) is 0 Å². The molecule has 1 amide bonds. The van der Waals surface area contributed by atoms with E-state index in [9.17, 15) is 4.79 Å². The van der Waals surface area contributed by atoms with Crippen LogP contribution in [0.25, 0.3) is 0 Å². The van der Waals surface area contributed by atoms with Crippen molar-refractivity contribution in [3.63, 3.8) is 0 Å². The number of hydrogen-bond acceptors (Lipinski definition) is 2. The largest absolute Gasteiger partial charge is 0.396 e. The van der Waals surface area contributed by atoms with E-state index in [4.69, 9.17) is 5.11 Å². The van der Waals surface area contributed by atoms with Crippen LogP contribution in [0.15, 0.2) is 22.7 Å². The van der Waals surface area contributed by atoms with E-state index in [1.165, 1.54) is 0 Å². The Balaban J connectivity index is 2.44. The molecule has 0 bridgehead atoms. The molecule has 0 aliphatic rings. The van der Waals surface area contributed by atoms with Crippen molar-refractivity contribution in [1.82, 2.24) is 5.32 Å². The van der Waals surface area contributed by atoms with Crippen LogP contribution in [0.2, 0.25) is 0 Å². The smallest absolute Gasteiger partial charge is 0.251 e. The number of amides is 1. The van der Waals surface area contributed by atoms with Crippen molar-refractivity contribution < 1.29 is 9.90 Å². The zero-order chi connectivity index (χ0) is 14.5. The van der Waals surface area contributed by atoms with Crippen molar-refractivity contribution in [2.45, 2.75) is 33.6 Å².